The van der Waals surface area contributed by atoms with E-state index in [2.05, 4.69) is 22.4 Å². The van der Waals surface area contributed by atoms with Gasteiger partial charge in [-0.1, -0.05) is 6.07 Å². The molecule has 2 aromatic rings. The van der Waals surface area contributed by atoms with Crippen LogP contribution in [0, 0.1) is 0 Å². The van der Waals surface area contributed by atoms with E-state index in [1.165, 1.54) is 10.9 Å². The monoisotopic (exact) mass is 243 g/mol. The van der Waals surface area contributed by atoms with Gasteiger partial charge < -0.3 is 16.0 Å². The van der Waals surface area contributed by atoms with Gasteiger partial charge in [0.1, 0.15) is 0 Å². The lowest BCUT2D eigenvalue weighted by molar-refractivity contribution is -0.105. The molecule has 1 aromatic heterocycles. The van der Waals surface area contributed by atoms with Crippen LogP contribution in [0.25, 0.3) is 10.9 Å². The number of carbonyl (C=O) groups is 1. The minimum Gasteiger partial charge on any atom is -0.359 e. The average molecular weight is 243 g/mol. The second kappa shape index (κ2) is 4.46. The fourth-order valence-corrected chi connectivity index (χ4v) is 3.02. The number of benzene rings is 1. The Morgan fingerprint density at radius 2 is 2.22 bits per heavy atom. The summed E-state index contributed by atoms with van der Waals surface area (Å²) in [6.45, 7) is 0. The maximum absolute atomic E-state index is 10.6. The maximum atomic E-state index is 10.6. The highest BCUT2D eigenvalue weighted by molar-refractivity contribution is 5.97. The van der Waals surface area contributed by atoms with Crippen molar-refractivity contribution >= 4 is 23.0 Å². The second-order valence-corrected chi connectivity index (χ2v) is 5.00. The molecule has 2 unspecified atom stereocenters. The number of carbonyl (C=O) groups excluding carboxylic acids is 1. The predicted octanol–water partition coefficient (Wildman–Crippen LogP) is 2.33. The molecule has 1 fully saturated rings. The van der Waals surface area contributed by atoms with E-state index in [4.69, 9.17) is 5.73 Å². The summed E-state index contributed by atoms with van der Waals surface area (Å²) in [5.41, 5.74) is 9.17. The molecule has 1 aliphatic carbocycles. The van der Waals surface area contributed by atoms with Crippen molar-refractivity contribution in [2.75, 3.05) is 5.32 Å². The topological polar surface area (TPSA) is 70.9 Å². The Labute approximate surface area is 106 Å². The molecule has 1 aromatic carbocycles. The predicted molar refractivity (Wildman–Crippen MR) is 72.6 cm³/mol. The van der Waals surface area contributed by atoms with E-state index >= 15 is 0 Å². The first-order valence-electron chi connectivity index (χ1n) is 6.35. The number of hydrogen-bond acceptors (Lipinski definition) is 2. The van der Waals surface area contributed by atoms with Crippen molar-refractivity contribution in [2.45, 2.75) is 31.2 Å². The van der Waals surface area contributed by atoms with Gasteiger partial charge in [-0.25, -0.2) is 0 Å². The molecule has 4 nitrogen and oxygen atoms in total. The van der Waals surface area contributed by atoms with E-state index in [-0.39, 0.29) is 0 Å². The molecular weight excluding hydrogens is 226 g/mol. The zero-order valence-corrected chi connectivity index (χ0v) is 10.1. The smallest absolute Gasteiger partial charge is 0.211 e. The van der Waals surface area contributed by atoms with E-state index in [1.807, 2.05) is 12.3 Å². The lowest BCUT2D eigenvalue weighted by Crippen LogP contribution is -2.14. The maximum Gasteiger partial charge on any atom is 0.211 e. The highest BCUT2D eigenvalue weighted by atomic mass is 16.1. The molecule has 0 spiro atoms. The number of nitrogens with one attached hydrogen (secondary N) is 2. The number of aromatic amines is 1. The Balaban J connectivity index is 2.06. The second-order valence-electron chi connectivity index (χ2n) is 5.00. The molecule has 4 N–H and O–H groups in total. The molecule has 4 heteroatoms. The third kappa shape index (κ3) is 1.78. The number of hydrogen-bond donors (Lipinski definition) is 3. The molecule has 1 saturated carbocycles. The molecule has 1 aliphatic rings. The van der Waals surface area contributed by atoms with E-state index in [0.717, 1.165) is 30.5 Å². The van der Waals surface area contributed by atoms with Gasteiger partial charge in [-0.05, 0) is 42.9 Å². The van der Waals surface area contributed by atoms with Gasteiger partial charge in [0.25, 0.3) is 0 Å². The molecule has 0 saturated heterocycles. The lowest BCUT2D eigenvalue weighted by Gasteiger charge is -2.13. The summed E-state index contributed by atoms with van der Waals surface area (Å²) >= 11 is 0. The van der Waals surface area contributed by atoms with Crippen molar-refractivity contribution in [2.24, 2.45) is 5.73 Å². The molecule has 0 aliphatic heterocycles. The van der Waals surface area contributed by atoms with Crippen molar-refractivity contribution in [1.29, 1.82) is 0 Å². The normalized spacial score (nSPS) is 23.4. The van der Waals surface area contributed by atoms with Gasteiger partial charge in [-0.2, -0.15) is 0 Å². The Hall–Kier alpha value is -1.81. The van der Waals surface area contributed by atoms with E-state index in [0.29, 0.717) is 18.4 Å². The number of aromatic nitrogens is 1. The van der Waals surface area contributed by atoms with Gasteiger partial charge in [0.15, 0.2) is 0 Å². The first kappa shape index (κ1) is 11.3. The summed E-state index contributed by atoms with van der Waals surface area (Å²) in [6.07, 6.45) is 5.94. The Morgan fingerprint density at radius 1 is 1.33 bits per heavy atom. The number of fused-ring (bicyclic) bond motifs is 1. The summed E-state index contributed by atoms with van der Waals surface area (Å²) < 4.78 is 0. The van der Waals surface area contributed by atoms with E-state index in [1.54, 1.807) is 0 Å². The fraction of sp³-hybridized carbons (Fsp3) is 0.357. The third-order valence-electron chi connectivity index (χ3n) is 3.88. The summed E-state index contributed by atoms with van der Waals surface area (Å²) in [5.74, 6) is 0.545. The molecule has 0 radical (unpaired) electrons. The summed E-state index contributed by atoms with van der Waals surface area (Å²) in [4.78, 5) is 13.8. The van der Waals surface area contributed by atoms with Crippen molar-refractivity contribution in [3.63, 3.8) is 0 Å². The minimum absolute atomic E-state index is 0.330. The molecule has 1 amide bonds. The molecule has 3 rings (SSSR count). The third-order valence-corrected chi connectivity index (χ3v) is 3.88. The van der Waals surface area contributed by atoms with Crippen LogP contribution in [-0.4, -0.2) is 17.4 Å². The number of anilines is 1. The van der Waals surface area contributed by atoms with Crippen molar-refractivity contribution in [1.82, 2.24) is 4.98 Å². The van der Waals surface area contributed by atoms with Crippen LogP contribution in [0.3, 0.4) is 0 Å². The molecule has 94 valence electrons. The van der Waals surface area contributed by atoms with Crippen LogP contribution < -0.4 is 11.1 Å². The van der Waals surface area contributed by atoms with Gasteiger partial charge in [0, 0.05) is 17.6 Å². The molecule has 18 heavy (non-hydrogen) atoms. The molecule has 2 atom stereocenters. The number of amides is 1. The van der Waals surface area contributed by atoms with Crippen LogP contribution in [0.15, 0.2) is 24.4 Å². The summed E-state index contributed by atoms with van der Waals surface area (Å²) in [7, 11) is 0. The highest BCUT2D eigenvalue weighted by Crippen LogP contribution is 2.38. The zero-order valence-electron chi connectivity index (χ0n) is 10.1. The van der Waals surface area contributed by atoms with Crippen molar-refractivity contribution < 1.29 is 4.79 Å². The Bertz CT molecular complexity index is 575. The Morgan fingerprint density at radius 3 is 2.94 bits per heavy atom. The summed E-state index contributed by atoms with van der Waals surface area (Å²) in [6, 6.07) is 6.48. The van der Waals surface area contributed by atoms with Gasteiger partial charge in [0.2, 0.25) is 6.41 Å². The van der Waals surface area contributed by atoms with Gasteiger partial charge in [-0.3, -0.25) is 4.79 Å². The standard InChI is InChI=1S/C14H17N3O/c15-10-2-1-9(7-10)11-3-4-13(17-8-18)14-12(11)5-6-16-14/h3-6,8-10,16H,1-2,7,15H2,(H,17,18). The number of nitrogens with two attached hydrogens (primary N) is 1. The average Bonchev–Trinajstić information content (AvgIpc) is 2.98. The molecule has 1 heterocycles. The largest absolute Gasteiger partial charge is 0.359 e. The van der Waals surface area contributed by atoms with E-state index in [9.17, 15) is 4.79 Å². The van der Waals surface area contributed by atoms with Crippen LogP contribution in [0.5, 0.6) is 0 Å². The van der Waals surface area contributed by atoms with Crippen LogP contribution in [-0.2, 0) is 4.79 Å². The van der Waals surface area contributed by atoms with Crippen LogP contribution >= 0.6 is 0 Å². The van der Waals surface area contributed by atoms with E-state index < -0.39 is 0 Å². The highest BCUT2D eigenvalue weighted by Gasteiger charge is 2.25. The number of rotatable bonds is 3. The fourth-order valence-electron chi connectivity index (χ4n) is 3.02. The van der Waals surface area contributed by atoms with Crippen LogP contribution in [0.2, 0.25) is 0 Å². The van der Waals surface area contributed by atoms with Crippen LogP contribution in [0.4, 0.5) is 5.69 Å². The van der Waals surface area contributed by atoms with Crippen molar-refractivity contribution in [3.8, 4) is 0 Å². The van der Waals surface area contributed by atoms with Gasteiger partial charge in [-0.15, -0.1) is 0 Å². The van der Waals surface area contributed by atoms with Gasteiger partial charge >= 0.3 is 0 Å². The summed E-state index contributed by atoms with van der Waals surface area (Å²) in [5, 5.41) is 3.92. The first-order chi connectivity index (χ1) is 8.79. The molecular formula is C14H17N3O. The SMILES string of the molecule is NC1CCC(c2ccc(NC=O)c3[nH]ccc23)C1. The van der Waals surface area contributed by atoms with Gasteiger partial charge in [0.05, 0.1) is 11.2 Å². The zero-order chi connectivity index (χ0) is 12.5. The molecule has 0 bridgehead atoms. The first-order valence-corrected chi connectivity index (χ1v) is 6.35. The number of H-pyrrole nitrogens is 1. The minimum atomic E-state index is 0.330. The lowest BCUT2D eigenvalue weighted by atomic mass is 9.94. The Kier molecular flexibility index (Phi) is 2.80. The van der Waals surface area contributed by atoms with Crippen molar-refractivity contribution in [3.05, 3.63) is 30.0 Å². The van der Waals surface area contributed by atoms with Crippen LogP contribution in [0.1, 0.15) is 30.7 Å². The quantitative estimate of drug-likeness (QED) is 0.724.